The molecular formula is C15H18ClFN4. The van der Waals surface area contributed by atoms with Gasteiger partial charge in [0.2, 0.25) is 0 Å². The average molecular weight is 309 g/mol. The van der Waals surface area contributed by atoms with E-state index in [9.17, 15) is 4.39 Å². The van der Waals surface area contributed by atoms with Crippen LogP contribution in [0, 0.1) is 5.82 Å². The second-order valence-corrected chi connectivity index (χ2v) is 4.99. The van der Waals surface area contributed by atoms with E-state index in [4.69, 9.17) is 11.6 Å². The fraction of sp³-hybridized carbons (Fsp3) is 0.333. The number of hydrogen-bond donors (Lipinski definition) is 2. The molecule has 1 heterocycles. The lowest BCUT2D eigenvalue weighted by Gasteiger charge is -2.11. The van der Waals surface area contributed by atoms with E-state index < -0.39 is 0 Å². The third-order valence-corrected chi connectivity index (χ3v) is 3.15. The van der Waals surface area contributed by atoms with E-state index >= 15 is 0 Å². The van der Waals surface area contributed by atoms with Gasteiger partial charge in [-0.05, 0) is 24.6 Å². The minimum absolute atomic E-state index is 0.315. The highest BCUT2D eigenvalue weighted by molar-refractivity contribution is 6.33. The van der Waals surface area contributed by atoms with Crippen molar-refractivity contribution in [2.45, 2.75) is 26.7 Å². The van der Waals surface area contributed by atoms with Gasteiger partial charge in [0.05, 0.1) is 10.7 Å². The molecule has 0 unspecified atom stereocenters. The Labute approximate surface area is 128 Å². The lowest BCUT2D eigenvalue weighted by molar-refractivity contribution is 0.628. The van der Waals surface area contributed by atoms with Gasteiger partial charge in [-0.25, -0.2) is 14.4 Å². The van der Waals surface area contributed by atoms with E-state index in [-0.39, 0.29) is 5.82 Å². The standard InChI is InChI=1S/C15H18ClFN4/c1-3-7-18-14-9-15(21-13(4-2)20-14)19-12-6-5-10(17)8-11(12)16/h5-6,8-9H,3-4,7H2,1-2H3,(H2,18,19,20,21). The molecule has 1 aromatic carbocycles. The van der Waals surface area contributed by atoms with Crippen molar-refractivity contribution in [1.29, 1.82) is 0 Å². The Morgan fingerprint density at radius 3 is 2.57 bits per heavy atom. The van der Waals surface area contributed by atoms with E-state index in [0.29, 0.717) is 16.5 Å². The lowest BCUT2D eigenvalue weighted by Crippen LogP contribution is -2.07. The maximum absolute atomic E-state index is 13.1. The molecule has 112 valence electrons. The number of aromatic nitrogens is 2. The summed E-state index contributed by atoms with van der Waals surface area (Å²) in [6, 6.07) is 6.02. The molecule has 4 nitrogen and oxygen atoms in total. The molecule has 2 N–H and O–H groups in total. The maximum atomic E-state index is 13.1. The van der Waals surface area contributed by atoms with Gasteiger partial charge in [-0.15, -0.1) is 0 Å². The van der Waals surface area contributed by atoms with Crippen LogP contribution in [0.25, 0.3) is 0 Å². The molecule has 0 aliphatic carbocycles. The Morgan fingerprint density at radius 1 is 1.14 bits per heavy atom. The third-order valence-electron chi connectivity index (χ3n) is 2.84. The van der Waals surface area contributed by atoms with Crippen molar-refractivity contribution in [3.63, 3.8) is 0 Å². The van der Waals surface area contributed by atoms with Gasteiger partial charge in [0.1, 0.15) is 23.3 Å². The first kappa shape index (κ1) is 15.5. The summed E-state index contributed by atoms with van der Waals surface area (Å²) >= 11 is 6.01. The molecule has 2 aromatic rings. The number of anilines is 3. The Kier molecular flexibility index (Phi) is 5.33. The molecule has 0 saturated carbocycles. The summed E-state index contributed by atoms with van der Waals surface area (Å²) < 4.78 is 13.1. The van der Waals surface area contributed by atoms with Crippen LogP contribution in [0.4, 0.5) is 21.7 Å². The molecule has 0 spiro atoms. The van der Waals surface area contributed by atoms with E-state index in [1.807, 2.05) is 13.0 Å². The number of hydrogen-bond acceptors (Lipinski definition) is 4. The molecule has 0 saturated heterocycles. The highest BCUT2D eigenvalue weighted by Gasteiger charge is 2.07. The molecule has 21 heavy (non-hydrogen) atoms. The molecule has 1 aromatic heterocycles. The highest BCUT2D eigenvalue weighted by atomic mass is 35.5. The molecule has 0 radical (unpaired) electrons. The van der Waals surface area contributed by atoms with Crippen LogP contribution in [0.5, 0.6) is 0 Å². The van der Waals surface area contributed by atoms with Crippen molar-refractivity contribution in [2.75, 3.05) is 17.2 Å². The average Bonchev–Trinajstić information content (AvgIpc) is 2.48. The Bertz CT molecular complexity index is 619. The number of halogens is 2. The lowest BCUT2D eigenvalue weighted by atomic mass is 10.3. The maximum Gasteiger partial charge on any atom is 0.136 e. The van der Waals surface area contributed by atoms with Gasteiger partial charge in [-0.3, -0.25) is 0 Å². The van der Waals surface area contributed by atoms with Gasteiger partial charge < -0.3 is 10.6 Å². The summed E-state index contributed by atoms with van der Waals surface area (Å²) in [5.74, 6) is 1.77. The number of nitrogens with one attached hydrogen (secondary N) is 2. The Balaban J connectivity index is 2.25. The summed E-state index contributed by atoms with van der Waals surface area (Å²) in [5, 5.41) is 6.65. The number of aryl methyl sites for hydroxylation is 1. The van der Waals surface area contributed by atoms with Crippen molar-refractivity contribution in [2.24, 2.45) is 0 Å². The molecule has 0 amide bonds. The van der Waals surface area contributed by atoms with E-state index in [2.05, 4.69) is 27.5 Å². The summed E-state index contributed by atoms with van der Waals surface area (Å²) in [6.45, 7) is 4.93. The fourth-order valence-corrected chi connectivity index (χ4v) is 2.01. The highest BCUT2D eigenvalue weighted by Crippen LogP contribution is 2.26. The van der Waals surface area contributed by atoms with Crippen LogP contribution < -0.4 is 10.6 Å². The summed E-state index contributed by atoms with van der Waals surface area (Å²) in [6.07, 6.45) is 1.74. The number of benzene rings is 1. The van der Waals surface area contributed by atoms with Crippen LogP contribution in [0.1, 0.15) is 26.1 Å². The van der Waals surface area contributed by atoms with E-state index in [1.54, 1.807) is 6.07 Å². The van der Waals surface area contributed by atoms with Crippen LogP contribution >= 0.6 is 11.6 Å². The van der Waals surface area contributed by atoms with Crippen molar-refractivity contribution in [3.05, 3.63) is 40.9 Å². The minimum Gasteiger partial charge on any atom is -0.370 e. The molecule has 2 rings (SSSR count). The van der Waals surface area contributed by atoms with Crippen LogP contribution in [-0.4, -0.2) is 16.5 Å². The zero-order chi connectivity index (χ0) is 15.2. The second kappa shape index (κ2) is 7.22. The van der Waals surface area contributed by atoms with Gasteiger partial charge in [-0.2, -0.15) is 0 Å². The molecule has 6 heteroatoms. The minimum atomic E-state index is -0.368. The topological polar surface area (TPSA) is 49.8 Å². The van der Waals surface area contributed by atoms with Crippen molar-refractivity contribution < 1.29 is 4.39 Å². The van der Waals surface area contributed by atoms with Crippen LogP contribution in [-0.2, 0) is 6.42 Å². The van der Waals surface area contributed by atoms with E-state index in [0.717, 1.165) is 31.0 Å². The first-order valence-electron chi connectivity index (χ1n) is 6.96. The molecule has 0 aliphatic rings. The second-order valence-electron chi connectivity index (χ2n) is 4.58. The van der Waals surface area contributed by atoms with Crippen molar-refractivity contribution >= 4 is 28.9 Å². The summed E-state index contributed by atoms with van der Waals surface area (Å²) in [7, 11) is 0. The van der Waals surface area contributed by atoms with E-state index in [1.165, 1.54) is 12.1 Å². The molecule has 0 fully saturated rings. The van der Waals surface area contributed by atoms with Gasteiger partial charge in [0.25, 0.3) is 0 Å². The monoisotopic (exact) mass is 308 g/mol. The van der Waals surface area contributed by atoms with Crippen molar-refractivity contribution in [1.82, 2.24) is 9.97 Å². The predicted molar refractivity (Wildman–Crippen MR) is 84.9 cm³/mol. The molecule has 0 aliphatic heterocycles. The number of nitrogens with zero attached hydrogens (tertiary/aromatic N) is 2. The quantitative estimate of drug-likeness (QED) is 0.830. The molecule has 0 bridgehead atoms. The Hall–Kier alpha value is -1.88. The summed E-state index contributed by atoms with van der Waals surface area (Å²) in [5.41, 5.74) is 0.611. The largest absolute Gasteiger partial charge is 0.370 e. The molecular weight excluding hydrogens is 291 g/mol. The van der Waals surface area contributed by atoms with Crippen LogP contribution in [0.2, 0.25) is 5.02 Å². The first-order chi connectivity index (χ1) is 10.1. The third kappa shape index (κ3) is 4.29. The SMILES string of the molecule is CCCNc1cc(Nc2ccc(F)cc2Cl)nc(CC)n1. The van der Waals surface area contributed by atoms with Crippen LogP contribution in [0.15, 0.2) is 24.3 Å². The zero-order valence-corrected chi connectivity index (χ0v) is 12.8. The van der Waals surface area contributed by atoms with Gasteiger partial charge in [0.15, 0.2) is 0 Å². The van der Waals surface area contributed by atoms with Crippen LogP contribution in [0.3, 0.4) is 0 Å². The molecule has 0 atom stereocenters. The van der Waals surface area contributed by atoms with Gasteiger partial charge >= 0.3 is 0 Å². The smallest absolute Gasteiger partial charge is 0.136 e. The number of rotatable bonds is 6. The van der Waals surface area contributed by atoms with Gasteiger partial charge in [-0.1, -0.05) is 25.4 Å². The summed E-state index contributed by atoms with van der Waals surface area (Å²) in [4.78, 5) is 8.82. The van der Waals surface area contributed by atoms with Gasteiger partial charge in [0, 0.05) is 19.0 Å². The fourth-order valence-electron chi connectivity index (χ4n) is 1.79. The first-order valence-corrected chi connectivity index (χ1v) is 7.34. The zero-order valence-electron chi connectivity index (χ0n) is 12.1. The Morgan fingerprint density at radius 2 is 1.90 bits per heavy atom. The normalized spacial score (nSPS) is 10.5. The predicted octanol–water partition coefficient (Wildman–Crippen LogP) is 4.40. The van der Waals surface area contributed by atoms with Crippen molar-refractivity contribution in [3.8, 4) is 0 Å².